The van der Waals surface area contributed by atoms with Crippen molar-refractivity contribution in [2.75, 3.05) is 18.1 Å². The lowest BCUT2D eigenvalue weighted by Gasteiger charge is -2.38. The van der Waals surface area contributed by atoms with Gasteiger partial charge in [0, 0.05) is 17.3 Å². The van der Waals surface area contributed by atoms with E-state index in [0.29, 0.717) is 11.4 Å². The zero-order chi connectivity index (χ0) is 13.9. The van der Waals surface area contributed by atoms with E-state index in [-0.39, 0.29) is 17.9 Å². The number of nitrogens with two attached hydrogens (primary N) is 1. The number of ether oxygens (including phenoxy) is 1. The molecule has 0 radical (unpaired) electrons. The molecule has 19 heavy (non-hydrogen) atoms. The highest BCUT2D eigenvalue weighted by atomic mass is 32.2. The van der Waals surface area contributed by atoms with Crippen LogP contribution in [0.5, 0.6) is 5.75 Å². The van der Waals surface area contributed by atoms with Crippen molar-refractivity contribution in [2.24, 2.45) is 0 Å². The first-order valence-corrected chi connectivity index (χ1v) is 8.04. The maximum atomic E-state index is 11.9. The number of nitrogens with one attached hydrogen (secondary N) is 1. The van der Waals surface area contributed by atoms with Gasteiger partial charge < -0.3 is 10.5 Å². The van der Waals surface area contributed by atoms with Gasteiger partial charge in [-0.15, -0.1) is 0 Å². The standard InChI is InChI=1S/C13H20N2O3S/c1-13(6-3-7-13)15-19(16,17)9-8-18-12-5-2-4-11(14)10-12/h2,4-5,10,15H,3,6-9,14H2,1H3. The van der Waals surface area contributed by atoms with E-state index < -0.39 is 10.0 Å². The number of hydrogen-bond donors (Lipinski definition) is 2. The third-order valence-corrected chi connectivity index (χ3v) is 4.85. The topological polar surface area (TPSA) is 81.4 Å². The third-order valence-electron chi connectivity index (χ3n) is 3.34. The van der Waals surface area contributed by atoms with Crippen LogP contribution in [-0.2, 0) is 10.0 Å². The van der Waals surface area contributed by atoms with Crippen LogP contribution in [0.15, 0.2) is 24.3 Å². The van der Waals surface area contributed by atoms with Gasteiger partial charge in [0.25, 0.3) is 0 Å². The molecule has 5 nitrogen and oxygen atoms in total. The summed E-state index contributed by atoms with van der Waals surface area (Å²) in [6, 6.07) is 6.95. The summed E-state index contributed by atoms with van der Waals surface area (Å²) in [6.45, 7) is 2.06. The van der Waals surface area contributed by atoms with E-state index in [1.807, 2.05) is 6.92 Å². The summed E-state index contributed by atoms with van der Waals surface area (Å²) in [4.78, 5) is 0. The number of anilines is 1. The molecule has 0 atom stereocenters. The number of hydrogen-bond acceptors (Lipinski definition) is 4. The minimum Gasteiger partial charge on any atom is -0.492 e. The molecule has 1 aliphatic carbocycles. The number of sulfonamides is 1. The second kappa shape index (κ2) is 5.38. The van der Waals surface area contributed by atoms with E-state index in [4.69, 9.17) is 10.5 Å². The first-order chi connectivity index (χ1) is 8.89. The van der Waals surface area contributed by atoms with Crippen LogP contribution >= 0.6 is 0 Å². The van der Waals surface area contributed by atoms with E-state index in [9.17, 15) is 8.42 Å². The fourth-order valence-electron chi connectivity index (χ4n) is 2.11. The zero-order valence-electron chi connectivity index (χ0n) is 11.1. The predicted molar refractivity (Wildman–Crippen MR) is 75.5 cm³/mol. The lowest BCUT2D eigenvalue weighted by molar-refractivity contribution is 0.247. The molecule has 0 amide bonds. The Morgan fingerprint density at radius 3 is 2.74 bits per heavy atom. The van der Waals surface area contributed by atoms with Gasteiger partial charge in [0.2, 0.25) is 10.0 Å². The summed E-state index contributed by atoms with van der Waals surface area (Å²) >= 11 is 0. The van der Waals surface area contributed by atoms with Crippen LogP contribution in [0.4, 0.5) is 5.69 Å². The SMILES string of the molecule is CC1(NS(=O)(=O)CCOc2cccc(N)c2)CCC1. The average molecular weight is 284 g/mol. The highest BCUT2D eigenvalue weighted by Gasteiger charge is 2.35. The monoisotopic (exact) mass is 284 g/mol. The molecule has 3 N–H and O–H groups in total. The Morgan fingerprint density at radius 2 is 2.16 bits per heavy atom. The third kappa shape index (κ3) is 4.11. The van der Waals surface area contributed by atoms with Gasteiger partial charge in [-0.2, -0.15) is 0 Å². The van der Waals surface area contributed by atoms with E-state index in [2.05, 4.69) is 4.72 Å². The van der Waals surface area contributed by atoms with Gasteiger partial charge in [-0.1, -0.05) is 6.07 Å². The summed E-state index contributed by atoms with van der Waals surface area (Å²) in [6.07, 6.45) is 2.89. The highest BCUT2D eigenvalue weighted by molar-refractivity contribution is 7.89. The highest BCUT2D eigenvalue weighted by Crippen LogP contribution is 2.31. The normalized spacial score (nSPS) is 17.7. The van der Waals surface area contributed by atoms with E-state index in [1.54, 1.807) is 24.3 Å². The molecule has 0 aromatic heterocycles. The van der Waals surface area contributed by atoms with Crippen molar-refractivity contribution in [2.45, 2.75) is 31.7 Å². The number of rotatable bonds is 6. The average Bonchev–Trinajstić information content (AvgIpc) is 2.26. The van der Waals surface area contributed by atoms with Crippen molar-refractivity contribution < 1.29 is 13.2 Å². The van der Waals surface area contributed by atoms with Crippen molar-refractivity contribution in [3.63, 3.8) is 0 Å². The van der Waals surface area contributed by atoms with E-state index in [0.717, 1.165) is 19.3 Å². The molecule has 1 saturated carbocycles. The Balaban J connectivity index is 1.81. The Bertz CT molecular complexity index is 539. The van der Waals surface area contributed by atoms with Gasteiger partial charge >= 0.3 is 0 Å². The summed E-state index contributed by atoms with van der Waals surface area (Å²) in [7, 11) is -3.29. The number of nitrogen functional groups attached to an aromatic ring is 1. The molecule has 2 rings (SSSR count). The van der Waals surface area contributed by atoms with Crippen LogP contribution in [0.2, 0.25) is 0 Å². The van der Waals surface area contributed by atoms with Crippen molar-refractivity contribution in [1.82, 2.24) is 4.72 Å². The van der Waals surface area contributed by atoms with Crippen LogP contribution in [0, 0.1) is 0 Å². The van der Waals surface area contributed by atoms with Gasteiger partial charge in [0.15, 0.2) is 0 Å². The van der Waals surface area contributed by atoms with Gasteiger partial charge in [-0.3, -0.25) is 0 Å². The molecule has 1 aromatic carbocycles. The maximum absolute atomic E-state index is 11.9. The van der Waals surface area contributed by atoms with Crippen LogP contribution in [0.3, 0.4) is 0 Å². The van der Waals surface area contributed by atoms with Crippen molar-refractivity contribution in [1.29, 1.82) is 0 Å². The Morgan fingerprint density at radius 1 is 1.42 bits per heavy atom. The molecule has 1 fully saturated rings. The lowest BCUT2D eigenvalue weighted by Crippen LogP contribution is -2.51. The first kappa shape index (κ1) is 14.1. The van der Waals surface area contributed by atoms with Gasteiger partial charge in [-0.25, -0.2) is 13.1 Å². The molecule has 0 saturated heterocycles. The molecule has 0 aliphatic heterocycles. The minimum atomic E-state index is -3.29. The van der Waals surface area contributed by atoms with Crippen LogP contribution < -0.4 is 15.2 Å². The van der Waals surface area contributed by atoms with E-state index in [1.165, 1.54) is 0 Å². The molecule has 106 valence electrons. The zero-order valence-corrected chi connectivity index (χ0v) is 11.9. The largest absolute Gasteiger partial charge is 0.492 e. The van der Waals surface area contributed by atoms with Crippen LogP contribution in [0.1, 0.15) is 26.2 Å². The van der Waals surface area contributed by atoms with Gasteiger partial charge in [0.05, 0.1) is 5.75 Å². The quantitative estimate of drug-likeness (QED) is 0.776. The van der Waals surface area contributed by atoms with Crippen molar-refractivity contribution in [3.05, 3.63) is 24.3 Å². The van der Waals surface area contributed by atoms with E-state index >= 15 is 0 Å². The minimum absolute atomic E-state index is 0.0443. The predicted octanol–water partition coefficient (Wildman–Crippen LogP) is 1.51. The summed E-state index contributed by atoms with van der Waals surface area (Å²) in [5.74, 6) is 0.544. The summed E-state index contributed by atoms with van der Waals surface area (Å²) in [5.41, 5.74) is 5.96. The Hall–Kier alpha value is -1.27. The van der Waals surface area contributed by atoms with Crippen LogP contribution in [-0.4, -0.2) is 26.3 Å². The molecule has 1 aliphatic rings. The maximum Gasteiger partial charge on any atom is 0.215 e. The Labute approximate surface area is 114 Å². The second-order valence-electron chi connectivity index (χ2n) is 5.26. The molecule has 0 spiro atoms. The summed E-state index contributed by atoms with van der Waals surface area (Å²) in [5, 5.41) is 0. The van der Waals surface area contributed by atoms with Crippen molar-refractivity contribution >= 4 is 15.7 Å². The fourth-order valence-corrected chi connectivity index (χ4v) is 3.47. The molecule has 0 unspecified atom stereocenters. The number of benzene rings is 1. The molecule has 0 heterocycles. The molecule has 6 heteroatoms. The fraction of sp³-hybridized carbons (Fsp3) is 0.538. The summed E-state index contributed by atoms with van der Waals surface area (Å²) < 4.78 is 31.9. The Kier molecular flexibility index (Phi) is 4.01. The lowest BCUT2D eigenvalue weighted by atomic mass is 9.80. The van der Waals surface area contributed by atoms with Crippen LogP contribution in [0.25, 0.3) is 0 Å². The molecule has 1 aromatic rings. The molecular formula is C13H20N2O3S. The molecular weight excluding hydrogens is 264 g/mol. The second-order valence-corrected chi connectivity index (χ2v) is 7.10. The smallest absolute Gasteiger partial charge is 0.215 e. The van der Waals surface area contributed by atoms with Gasteiger partial charge in [-0.05, 0) is 38.3 Å². The van der Waals surface area contributed by atoms with Crippen molar-refractivity contribution in [3.8, 4) is 5.75 Å². The first-order valence-electron chi connectivity index (χ1n) is 6.39. The molecule has 0 bridgehead atoms. The van der Waals surface area contributed by atoms with Gasteiger partial charge in [0.1, 0.15) is 12.4 Å².